The molecule has 2 atom stereocenters. The van der Waals surface area contributed by atoms with Gasteiger partial charge in [-0.15, -0.1) is 17.8 Å². The van der Waals surface area contributed by atoms with Crippen molar-refractivity contribution in [1.29, 1.82) is 0 Å². The second kappa shape index (κ2) is 4.64. The minimum atomic E-state index is 0.569. The predicted molar refractivity (Wildman–Crippen MR) is 52.1 cm³/mol. The van der Waals surface area contributed by atoms with E-state index in [0.29, 0.717) is 5.41 Å². The first-order chi connectivity index (χ1) is 4.12. The Hall–Kier alpha value is 0.860. The molecule has 0 aliphatic rings. The van der Waals surface area contributed by atoms with Crippen LogP contribution in [0.15, 0.2) is 0 Å². The average molecular weight is 164 g/mol. The van der Waals surface area contributed by atoms with Gasteiger partial charge < -0.3 is 0 Å². The van der Waals surface area contributed by atoms with Crippen LogP contribution < -0.4 is 0 Å². The summed E-state index contributed by atoms with van der Waals surface area (Å²) in [6.45, 7) is 6.93. The molecule has 0 saturated carbocycles. The predicted octanol–water partition coefficient (Wildman–Crippen LogP) is 2.59. The van der Waals surface area contributed by atoms with Gasteiger partial charge in [-0.3, -0.25) is 0 Å². The summed E-state index contributed by atoms with van der Waals surface area (Å²) in [5, 5.41) is 0. The average Bonchev–Trinajstić information content (AvgIpc) is 1.84. The molecule has 0 N–H and O–H groups in total. The van der Waals surface area contributed by atoms with Crippen molar-refractivity contribution in [3.8, 4) is 0 Å². The summed E-state index contributed by atoms with van der Waals surface area (Å²) in [7, 11) is 3.98. The van der Waals surface area contributed by atoms with Gasteiger partial charge >= 0.3 is 0 Å². The van der Waals surface area contributed by atoms with Gasteiger partial charge in [-0.05, 0) is 23.9 Å². The lowest BCUT2D eigenvalue weighted by Gasteiger charge is -2.21. The Morgan fingerprint density at radius 2 is 2.00 bits per heavy atom. The molecule has 2 unspecified atom stereocenters. The number of rotatable bonds is 4. The zero-order valence-corrected chi connectivity index (χ0v) is 8.85. The molecule has 0 radical (unpaired) electrons. The summed E-state index contributed by atoms with van der Waals surface area (Å²) in [6, 6.07) is 0. The molecule has 0 aromatic rings. The molecular weight excluding hydrogens is 146 g/mol. The highest BCUT2D eigenvalue weighted by Crippen LogP contribution is 2.26. The van der Waals surface area contributed by atoms with Crippen LogP contribution in [0.4, 0.5) is 0 Å². The Morgan fingerprint density at radius 1 is 1.44 bits per heavy atom. The van der Waals surface area contributed by atoms with Crippen LogP contribution in [0.2, 0.25) is 0 Å². The van der Waals surface area contributed by atoms with Gasteiger partial charge in [0.2, 0.25) is 0 Å². The van der Waals surface area contributed by atoms with Crippen LogP contribution in [0, 0.1) is 5.41 Å². The molecule has 0 aromatic carbocycles. The lowest BCUT2D eigenvalue weighted by Crippen LogP contribution is -2.15. The first-order valence-corrected chi connectivity index (χ1v) is 5.76. The van der Waals surface area contributed by atoms with Gasteiger partial charge in [0.05, 0.1) is 0 Å². The Labute approximate surface area is 63.2 Å². The topological polar surface area (TPSA) is 0 Å². The summed E-state index contributed by atoms with van der Waals surface area (Å²) in [5.74, 6) is 0. The number of hydrogen-bond donors (Lipinski definition) is 0. The molecule has 0 aliphatic carbocycles. The van der Waals surface area contributed by atoms with Crippen LogP contribution in [0.1, 0.15) is 20.8 Å². The minimum absolute atomic E-state index is 0.569. The van der Waals surface area contributed by atoms with Crippen molar-refractivity contribution < 1.29 is 0 Å². The van der Waals surface area contributed by atoms with Gasteiger partial charge in [0.1, 0.15) is 0 Å². The molecule has 0 fully saturated rings. The van der Waals surface area contributed by atoms with Gasteiger partial charge in [0.25, 0.3) is 0 Å². The van der Waals surface area contributed by atoms with E-state index in [2.05, 4.69) is 30.0 Å². The van der Waals surface area contributed by atoms with Crippen LogP contribution in [-0.4, -0.2) is 18.5 Å². The highest BCUT2D eigenvalue weighted by atomic mass is 31.1. The van der Waals surface area contributed by atoms with Crippen molar-refractivity contribution in [3.05, 3.63) is 0 Å². The van der Waals surface area contributed by atoms with Crippen molar-refractivity contribution in [2.45, 2.75) is 20.8 Å². The molecule has 56 valence electrons. The van der Waals surface area contributed by atoms with E-state index < -0.39 is 0 Å². The summed E-state index contributed by atoms with van der Waals surface area (Å²) < 4.78 is 0. The summed E-state index contributed by atoms with van der Waals surface area (Å²) in [6.07, 6.45) is 3.99. The van der Waals surface area contributed by atoms with Crippen LogP contribution >= 0.6 is 17.8 Å². The van der Waals surface area contributed by atoms with E-state index in [4.69, 9.17) is 0 Å². The second-order valence-corrected chi connectivity index (χ2v) is 5.12. The zero-order chi connectivity index (χ0) is 7.33. The van der Waals surface area contributed by atoms with Crippen LogP contribution in [0.3, 0.4) is 0 Å². The highest BCUT2D eigenvalue weighted by Gasteiger charge is 2.12. The number of hydrogen-bond acceptors (Lipinski definition) is 0. The SMILES string of the molecule is CCPCC(C)(C)CP. The maximum absolute atomic E-state index is 2.82. The summed E-state index contributed by atoms with van der Waals surface area (Å²) >= 11 is 0. The van der Waals surface area contributed by atoms with E-state index in [0.717, 1.165) is 8.58 Å². The maximum Gasteiger partial charge on any atom is -0.0283 e. The van der Waals surface area contributed by atoms with Gasteiger partial charge in [0, 0.05) is 0 Å². The van der Waals surface area contributed by atoms with E-state index >= 15 is 0 Å². The maximum atomic E-state index is 2.82. The fourth-order valence-electron chi connectivity index (χ4n) is 0.536. The lowest BCUT2D eigenvalue weighted by atomic mass is 10.0. The van der Waals surface area contributed by atoms with Crippen molar-refractivity contribution in [2.75, 3.05) is 18.5 Å². The second-order valence-electron chi connectivity index (χ2n) is 3.15. The van der Waals surface area contributed by atoms with Crippen molar-refractivity contribution in [3.63, 3.8) is 0 Å². The van der Waals surface area contributed by atoms with Crippen LogP contribution in [0.25, 0.3) is 0 Å². The largest absolute Gasteiger partial charge is 0.137 e. The molecule has 0 saturated heterocycles. The third-order valence-electron chi connectivity index (χ3n) is 1.41. The van der Waals surface area contributed by atoms with Crippen molar-refractivity contribution in [1.82, 2.24) is 0 Å². The summed E-state index contributed by atoms with van der Waals surface area (Å²) in [4.78, 5) is 0. The molecule has 0 rings (SSSR count). The summed E-state index contributed by atoms with van der Waals surface area (Å²) in [5.41, 5.74) is 0.569. The highest BCUT2D eigenvalue weighted by molar-refractivity contribution is 7.38. The molecule has 0 amide bonds. The third kappa shape index (κ3) is 5.31. The lowest BCUT2D eigenvalue weighted by molar-refractivity contribution is 0.490. The third-order valence-corrected chi connectivity index (χ3v) is 4.22. The molecule has 0 aliphatic heterocycles. The Kier molecular flexibility index (Phi) is 5.08. The quantitative estimate of drug-likeness (QED) is 0.560. The molecule has 0 bridgehead atoms. The molecule has 0 nitrogen and oxygen atoms in total. The monoisotopic (exact) mass is 164 g/mol. The van der Waals surface area contributed by atoms with E-state index in [1.807, 2.05) is 0 Å². The van der Waals surface area contributed by atoms with E-state index in [1.165, 1.54) is 18.5 Å². The van der Waals surface area contributed by atoms with Gasteiger partial charge in [-0.1, -0.05) is 20.8 Å². The molecule has 0 spiro atoms. The first kappa shape index (κ1) is 9.86. The molecule has 0 aromatic heterocycles. The zero-order valence-electron chi connectivity index (χ0n) is 6.70. The first-order valence-electron chi connectivity index (χ1n) is 3.53. The van der Waals surface area contributed by atoms with Crippen LogP contribution in [-0.2, 0) is 0 Å². The fraction of sp³-hybridized carbons (Fsp3) is 1.00. The van der Waals surface area contributed by atoms with Crippen molar-refractivity contribution in [2.24, 2.45) is 5.41 Å². The van der Waals surface area contributed by atoms with Gasteiger partial charge in [0.15, 0.2) is 0 Å². The Morgan fingerprint density at radius 3 is 2.33 bits per heavy atom. The molecule has 9 heavy (non-hydrogen) atoms. The van der Waals surface area contributed by atoms with E-state index in [-0.39, 0.29) is 0 Å². The molecular formula is C7H18P2. The molecule has 2 heteroatoms. The molecule has 0 heterocycles. The van der Waals surface area contributed by atoms with Crippen LogP contribution in [0.5, 0.6) is 0 Å². The normalized spacial score (nSPS) is 13.3. The minimum Gasteiger partial charge on any atom is -0.137 e. The Balaban J connectivity index is 3.33. The Bertz CT molecular complexity index is 69.3. The van der Waals surface area contributed by atoms with Crippen molar-refractivity contribution >= 4 is 17.8 Å². The standard InChI is InChI=1S/C7H18P2/c1-4-9-6-7(2,3)5-8/h9H,4-6,8H2,1-3H3. The smallest absolute Gasteiger partial charge is 0.0283 e. The fourth-order valence-corrected chi connectivity index (χ4v) is 2.04. The van der Waals surface area contributed by atoms with E-state index in [1.54, 1.807) is 0 Å². The van der Waals surface area contributed by atoms with E-state index in [9.17, 15) is 0 Å². The van der Waals surface area contributed by atoms with Gasteiger partial charge in [-0.25, -0.2) is 0 Å². The van der Waals surface area contributed by atoms with Gasteiger partial charge in [-0.2, -0.15) is 0 Å².